The lowest BCUT2D eigenvalue weighted by Crippen LogP contribution is -2.20. The van der Waals surface area contributed by atoms with Crippen LogP contribution in [0.2, 0.25) is 5.02 Å². The molecular weight excluding hydrogens is 387 g/mol. The molecule has 2 heterocycles. The first-order valence-corrected chi connectivity index (χ1v) is 9.14. The SMILES string of the molecule is CCOC1CC1Nc1nc2nccc(C(=Nc3ccc(F)c(Cl)c3)NO)c2[nH]1. The average Bonchev–Trinajstić information content (AvgIpc) is 3.26. The Hall–Kier alpha value is -2.75. The van der Waals surface area contributed by atoms with Crippen molar-refractivity contribution in [1.29, 1.82) is 0 Å². The fraction of sp³-hybridized carbons (Fsp3) is 0.278. The summed E-state index contributed by atoms with van der Waals surface area (Å²) >= 11 is 5.80. The van der Waals surface area contributed by atoms with Crippen molar-refractivity contribution in [2.75, 3.05) is 11.9 Å². The molecule has 28 heavy (non-hydrogen) atoms. The molecule has 0 radical (unpaired) electrons. The van der Waals surface area contributed by atoms with Crippen LogP contribution in [0, 0.1) is 5.82 Å². The van der Waals surface area contributed by atoms with Gasteiger partial charge in [0.1, 0.15) is 5.82 Å². The first-order chi connectivity index (χ1) is 13.6. The summed E-state index contributed by atoms with van der Waals surface area (Å²) in [6.07, 6.45) is 2.67. The van der Waals surface area contributed by atoms with Gasteiger partial charge in [-0.3, -0.25) is 10.7 Å². The first-order valence-electron chi connectivity index (χ1n) is 8.76. The zero-order chi connectivity index (χ0) is 19.7. The van der Waals surface area contributed by atoms with Crippen LogP contribution in [-0.4, -0.2) is 44.7 Å². The van der Waals surface area contributed by atoms with Gasteiger partial charge in [-0.05, 0) is 37.6 Å². The highest BCUT2D eigenvalue weighted by molar-refractivity contribution is 6.31. The lowest BCUT2D eigenvalue weighted by molar-refractivity contribution is 0.130. The minimum atomic E-state index is -0.542. The molecule has 2 unspecified atom stereocenters. The van der Waals surface area contributed by atoms with Crippen molar-refractivity contribution in [3.8, 4) is 0 Å². The van der Waals surface area contributed by atoms with Crippen LogP contribution in [-0.2, 0) is 4.74 Å². The second-order valence-corrected chi connectivity index (χ2v) is 6.70. The minimum Gasteiger partial charge on any atom is -0.376 e. The van der Waals surface area contributed by atoms with E-state index in [1.54, 1.807) is 12.3 Å². The van der Waals surface area contributed by atoms with E-state index in [2.05, 4.69) is 30.7 Å². The number of pyridine rings is 1. The van der Waals surface area contributed by atoms with Crippen LogP contribution in [0.4, 0.5) is 16.0 Å². The number of anilines is 1. The quantitative estimate of drug-likeness (QED) is 0.285. The van der Waals surface area contributed by atoms with Gasteiger partial charge in [0.05, 0.1) is 28.4 Å². The van der Waals surface area contributed by atoms with Crippen molar-refractivity contribution in [1.82, 2.24) is 20.4 Å². The van der Waals surface area contributed by atoms with Crippen molar-refractivity contribution >= 4 is 40.2 Å². The highest BCUT2D eigenvalue weighted by Gasteiger charge is 2.38. The number of hydroxylamine groups is 1. The largest absolute Gasteiger partial charge is 0.376 e. The Morgan fingerprint density at radius 3 is 3.07 bits per heavy atom. The maximum atomic E-state index is 13.4. The second kappa shape index (κ2) is 7.70. The summed E-state index contributed by atoms with van der Waals surface area (Å²) in [6, 6.07) is 5.92. The van der Waals surface area contributed by atoms with Gasteiger partial charge in [0.2, 0.25) is 5.95 Å². The van der Waals surface area contributed by atoms with Crippen LogP contribution in [0.3, 0.4) is 0 Å². The molecule has 4 N–H and O–H groups in total. The third-order valence-electron chi connectivity index (χ3n) is 4.33. The average molecular weight is 405 g/mol. The predicted molar refractivity (Wildman–Crippen MR) is 104 cm³/mol. The van der Waals surface area contributed by atoms with Gasteiger partial charge in [0.15, 0.2) is 11.5 Å². The third kappa shape index (κ3) is 3.77. The number of nitrogens with zero attached hydrogens (tertiary/aromatic N) is 3. The Labute approximate surface area is 164 Å². The van der Waals surface area contributed by atoms with Crippen LogP contribution >= 0.6 is 11.6 Å². The van der Waals surface area contributed by atoms with Crippen molar-refractivity contribution < 1.29 is 14.3 Å². The third-order valence-corrected chi connectivity index (χ3v) is 4.62. The Morgan fingerprint density at radius 2 is 2.32 bits per heavy atom. The number of imidazole rings is 1. The molecule has 0 bridgehead atoms. The van der Waals surface area contributed by atoms with Gasteiger partial charge >= 0.3 is 0 Å². The van der Waals surface area contributed by atoms with Gasteiger partial charge in [0.25, 0.3) is 0 Å². The molecule has 10 heteroatoms. The number of hydrogen-bond donors (Lipinski definition) is 4. The van der Waals surface area contributed by atoms with Crippen molar-refractivity contribution in [3.05, 3.63) is 46.9 Å². The number of amidine groups is 1. The number of benzene rings is 1. The lowest BCUT2D eigenvalue weighted by Gasteiger charge is -2.06. The van der Waals surface area contributed by atoms with Gasteiger partial charge in [-0.25, -0.2) is 14.4 Å². The van der Waals surface area contributed by atoms with Crippen molar-refractivity contribution in [3.63, 3.8) is 0 Å². The second-order valence-electron chi connectivity index (χ2n) is 6.29. The van der Waals surface area contributed by atoms with Gasteiger partial charge in [0, 0.05) is 18.4 Å². The van der Waals surface area contributed by atoms with Crippen LogP contribution in [0.1, 0.15) is 18.9 Å². The van der Waals surface area contributed by atoms with E-state index in [9.17, 15) is 9.60 Å². The van der Waals surface area contributed by atoms with Crippen LogP contribution in [0.25, 0.3) is 11.2 Å². The van der Waals surface area contributed by atoms with E-state index in [-0.39, 0.29) is 23.0 Å². The molecule has 2 atom stereocenters. The molecule has 3 aromatic rings. The lowest BCUT2D eigenvalue weighted by atomic mass is 10.2. The molecule has 146 valence electrons. The van der Waals surface area contributed by atoms with Gasteiger partial charge < -0.3 is 15.0 Å². The number of halogens is 2. The Kier molecular flexibility index (Phi) is 5.12. The van der Waals surface area contributed by atoms with Gasteiger partial charge in [-0.15, -0.1) is 0 Å². The maximum absolute atomic E-state index is 13.4. The summed E-state index contributed by atoms with van der Waals surface area (Å²) in [6.45, 7) is 2.63. The number of aromatic nitrogens is 3. The van der Waals surface area contributed by atoms with Crippen LogP contribution in [0.5, 0.6) is 0 Å². The molecule has 0 saturated heterocycles. The van der Waals surface area contributed by atoms with E-state index in [0.29, 0.717) is 35.0 Å². The van der Waals surface area contributed by atoms with E-state index in [0.717, 1.165) is 6.42 Å². The molecule has 0 spiro atoms. The standard InChI is InChI=1S/C18H18ClFN6O2/c1-2-28-14-8-13(14)23-18-24-15-10(5-6-21-17(15)25-18)16(26-27)22-9-3-4-12(20)11(19)7-9/h3-7,13-14,27H,2,8H2,1H3,(H,22,26)(H2,21,23,24,25). The monoisotopic (exact) mass is 404 g/mol. The fourth-order valence-corrected chi connectivity index (χ4v) is 3.08. The zero-order valence-electron chi connectivity index (χ0n) is 14.9. The normalized spacial score (nSPS) is 19.1. The Morgan fingerprint density at radius 1 is 1.46 bits per heavy atom. The van der Waals surface area contributed by atoms with E-state index in [4.69, 9.17) is 16.3 Å². The first kappa shape index (κ1) is 18.6. The Balaban J connectivity index is 1.65. The zero-order valence-corrected chi connectivity index (χ0v) is 15.7. The smallest absolute Gasteiger partial charge is 0.203 e. The molecule has 4 rings (SSSR count). The molecule has 2 aromatic heterocycles. The number of hydrogen-bond acceptors (Lipinski definition) is 6. The topological polar surface area (TPSA) is 107 Å². The van der Waals surface area contributed by atoms with Gasteiger partial charge in [-0.2, -0.15) is 4.98 Å². The molecule has 1 aliphatic rings. The highest BCUT2D eigenvalue weighted by atomic mass is 35.5. The number of ether oxygens (including phenoxy) is 1. The van der Waals surface area contributed by atoms with Crippen molar-refractivity contribution in [2.24, 2.45) is 4.99 Å². The van der Waals surface area contributed by atoms with E-state index < -0.39 is 5.82 Å². The molecule has 1 saturated carbocycles. The number of rotatable bonds is 6. The molecule has 1 fully saturated rings. The summed E-state index contributed by atoms with van der Waals surface area (Å²) < 4.78 is 18.9. The van der Waals surface area contributed by atoms with E-state index in [1.807, 2.05) is 6.92 Å². The van der Waals surface area contributed by atoms with Crippen molar-refractivity contribution in [2.45, 2.75) is 25.5 Å². The summed E-state index contributed by atoms with van der Waals surface area (Å²) in [5.41, 5.74) is 4.06. The maximum Gasteiger partial charge on any atom is 0.203 e. The predicted octanol–water partition coefficient (Wildman–Crippen LogP) is 3.40. The van der Waals surface area contributed by atoms with Gasteiger partial charge in [-0.1, -0.05) is 11.6 Å². The van der Waals surface area contributed by atoms with Crippen LogP contribution in [0.15, 0.2) is 35.5 Å². The summed E-state index contributed by atoms with van der Waals surface area (Å²) in [4.78, 5) is 16.1. The molecule has 0 aliphatic heterocycles. The summed E-state index contributed by atoms with van der Waals surface area (Å²) in [5.74, 6) is 0.160. The molecule has 8 nitrogen and oxygen atoms in total. The molecule has 1 aromatic carbocycles. The van der Waals surface area contributed by atoms with Crippen LogP contribution < -0.4 is 10.8 Å². The fourth-order valence-electron chi connectivity index (χ4n) is 2.90. The number of aliphatic imine (C=N–C) groups is 1. The summed E-state index contributed by atoms with van der Waals surface area (Å²) in [5, 5.41) is 12.8. The number of aromatic amines is 1. The van der Waals surface area contributed by atoms with E-state index >= 15 is 0 Å². The number of fused-ring (bicyclic) bond motifs is 1. The minimum absolute atomic E-state index is 0.0558. The summed E-state index contributed by atoms with van der Waals surface area (Å²) in [7, 11) is 0. The molecular formula is C18H18ClFN6O2. The molecule has 1 aliphatic carbocycles. The molecule has 0 amide bonds. The highest BCUT2D eigenvalue weighted by Crippen LogP contribution is 2.29. The van der Waals surface area contributed by atoms with E-state index in [1.165, 1.54) is 18.2 Å². The Bertz CT molecular complexity index is 1040. The number of nitrogens with one attached hydrogen (secondary N) is 3. The number of H-pyrrole nitrogens is 1.